The lowest BCUT2D eigenvalue weighted by atomic mass is 10.1. The van der Waals surface area contributed by atoms with E-state index in [4.69, 9.17) is 22.1 Å². The topological polar surface area (TPSA) is 111 Å². The molecule has 0 spiro atoms. The molecule has 168 valence electrons. The number of aryl methyl sites for hydroxylation is 1. The molecule has 32 heavy (non-hydrogen) atoms. The molecule has 0 bridgehead atoms. The SMILES string of the molecule is Cc1cc(NC(=O)OC(C)(C)C)cc2c(C(N)=O)c(NC(=O)c3ccc(CCl)cc3)sc12. The number of carbonyl (C=O) groups is 3. The van der Waals surface area contributed by atoms with Crippen LogP contribution in [0, 0.1) is 6.92 Å². The van der Waals surface area contributed by atoms with Gasteiger partial charge in [-0.2, -0.15) is 0 Å². The van der Waals surface area contributed by atoms with Gasteiger partial charge >= 0.3 is 6.09 Å². The highest BCUT2D eigenvalue weighted by Gasteiger charge is 2.22. The van der Waals surface area contributed by atoms with Gasteiger partial charge in [-0.3, -0.25) is 14.9 Å². The number of hydrogen-bond acceptors (Lipinski definition) is 5. The summed E-state index contributed by atoms with van der Waals surface area (Å²) < 4.78 is 6.07. The summed E-state index contributed by atoms with van der Waals surface area (Å²) in [4.78, 5) is 37.2. The maximum Gasteiger partial charge on any atom is 0.412 e. The summed E-state index contributed by atoms with van der Waals surface area (Å²) in [6.07, 6.45) is -0.610. The zero-order valence-corrected chi connectivity index (χ0v) is 19.7. The average molecular weight is 474 g/mol. The van der Waals surface area contributed by atoms with Gasteiger partial charge in [0.1, 0.15) is 10.6 Å². The first-order chi connectivity index (χ1) is 15.0. The zero-order valence-electron chi connectivity index (χ0n) is 18.2. The highest BCUT2D eigenvalue weighted by molar-refractivity contribution is 7.23. The van der Waals surface area contributed by atoms with E-state index in [9.17, 15) is 14.4 Å². The number of nitrogens with two attached hydrogens (primary N) is 1. The largest absolute Gasteiger partial charge is 0.444 e. The molecule has 2 aromatic carbocycles. The fraction of sp³-hybridized carbons (Fsp3) is 0.261. The lowest BCUT2D eigenvalue weighted by molar-refractivity contribution is 0.0635. The molecular formula is C23H24ClN3O4S. The van der Waals surface area contributed by atoms with Gasteiger partial charge in [-0.05, 0) is 63.1 Å². The number of amides is 3. The summed E-state index contributed by atoms with van der Waals surface area (Å²) in [5.41, 5.74) is 7.78. The molecule has 0 aliphatic heterocycles. The van der Waals surface area contributed by atoms with Crippen molar-refractivity contribution < 1.29 is 19.1 Å². The molecule has 1 aromatic heterocycles. The molecule has 0 saturated carbocycles. The van der Waals surface area contributed by atoms with Crippen LogP contribution < -0.4 is 16.4 Å². The Morgan fingerprint density at radius 2 is 1.75 bits per heavy atom. The lowest BCUT2D eigenvalue weighted by Gasteiger charge is -2.19. The molecule has 9 heteroatoms. The van der Waals surface area contributed by atoms with E-state index in [1.807, 2.05) is 6.92 Å². The molecule has 3 rings (SSSR count). The number of alkyl halides is 1. The van der Waals surface area contributed by atoms with E-state index in [2.05, 4.69) is 10.6 Å². The number of carbonyl (C=O) groups excluding carboxylic acids is 3. The summed E-state index contributed by atoms with van der Waals surface area (Å²) in [5, 5.41) is 6.35. The van der Waals surface area contributed by atoms with Crippen LogP contribution in [0.5, 0.6) is 0 Å². The number of nitrogens with one attached hydrogen (secondary N) is 2. The molecule has 1 heterocycles. The minimum Gasteiger partial charge on any atom is -0.444 e. The molecule has 0 fully saturated rings. The third kappa shape index (κ3) is 5.38. The van der Waals surface area contributed by atoms with Crippen molar-refractivity contribution in [3.05, 3.63) is 58.7 Å². The fourth-order valence-corrected chi connectivity index (χ4v) is 4.45. The molecule has 3 aromatic rings. The van der Waals surface area contributed by atoms with Gasteiger partial charge in [0.05, 0.1) is 5.56 Å². The minimum atomic E-state index is -0.683. The van der Waals surface area contributed by atoms with Crippen molar-refractivity contribution in [3.8, 4) is 0 Å². The van der Waals surface area contributed by atoms with Crippen molar-refractivity contribution in [2.45, 2.75) is 39.2 Å². The van der Waals surface area contributed by atoms with Crippen LogP contribution in [-0.2, 0) is 10.6 Å². The first-order valence-corrected chi connectivity index (χ1v) is 11.2. The van der Waals surface area contributed by atoms with Gasteiger partial charge in [0, 0.05) is 27.2 Å². The normalized spacial score (nSPS) is 11.3. The smallest absolute Gasteiger partial charge is 0.412 e. The Labute approximate surface area is 194 Å². The Morgan fingerprint density at radius 3 is 2.31 bits per heavy atom. The Hall–Kier alpha value is -3.10. The van der Waals surface area contributed by atoms with Crippen LogP contribution in [0.2, 0.25) is 0 Å². The highest BCUT2D eigenvalue weighted by Crippen LogP contribution is 2.39. The van der Waals surface area contributed by atoms with E-state index in [0.29, 0.717) is 27.5 Å². The number of fused-ring (bicyclic) bond motifs is 1. The predicted octanol–water partition coefficient (Wildman–Crippen LogP) is 5.65. The van der Waals surface area contributed by atoms with Crippen molar-refractivity contribution in [2.24, 2.45) is 5.73 Å². The number of halogens is 1. The van der Waals surface area contributed by atoms with Crippen LogP contribution in [0.4, 0.5) is 15.5 Å². The monoisotopic (exact) mass is 473 g/mol. The molecule has 3 amide bonds. The predicted molar refractivity (Wildman–Crippen MR) is 129 cm³/mol. The van der Waals surface area contributed by atoms with E-state index in [1.165, 1.54) is 11.3 Å². The second kappa shape index (κ2) is 9.18. The minimum absolute atomic E-state index is 0.187. The fourth-order valence-electron chi connectivity index (χ4n) is 3.12. The summed E-state index contributed by atoms with van der Waals surface area (Å²) in [7, 11) is 0. The molecule has 0 unspecified atom stereocenters. The van der Waals surface area contributed by atoms with Crippen LogP contribution in [0.15, 0.2) is 36.4 Å². The standard InChI is InChI=1S/C23H24ClN3O4S/c1-12-9-15(26-22(30)31-23(2,3)4)10-16-17(19(25)28)21(32-18(12)16)27-20(29)14-7-5-13(11-24)6-8-14/h5-10H,11H2,1-4H3,(H2,25,28)(H,26,30)(H,27,29). The first-order valence-electron chi connectivity index (χ1n) is 9.81. The Morgan fingerprint density at radius 1 is 1.09 bits per heavy atom. The molecule has 0 saturated heterocycles. The maximum atomic E-state index is 12.7. The first kappa shape index (κ1) is 23.6. The van der Waals surface area contributed by atoms with E-state index in [-0.39, 0.29) is 11.5 Å². The van der Waals surface area contributed by atoms with Crippen molar-refractivity contribution in [1.29, 1.82) is 0 Å². The van der Waals surface area contributed by atoms with Gasteiger partial charge in [0.15, 0.2) is 0 Å². The Balaban J connectivity index is 1.96. The van der Waals surface area contributed by atoms with Gasteiger partial charge in [0.2, 0.25) is 0 Å². The van der Waals surface area contributed by atoms with Crippen LogP contribution >= 0.6 is 22.9 Å². The van der Waals surface area contributed by atoms with E-state index >= 15 is 0 Å². The van der Waals surface area contributed by atoms with Crippen molar-refractivity contribution >= 4 is 61.6 Å². The number of ether oxygens (including phenoxy) is 1. The van der Waals surface area contributed by atoms with Gasteiger partial charge in [0.25, 0.3) is 11.8 Å². The van der Waals surface area contributed by atoms with Gasteiger partial charge in [-0.15, -0.1) is 22.9 Å². The Kier molecular flexibility index (Phi) is 6.76. The van der Waals surface area contributed by atoms with Gasteiger partial charge in [-0.1, -0.05) is 12.1 Å². The van der Waals surface area contributed by atoms with E-state index < -0.39 is 17.6 Å². The summed E-state index contributed by atoms with van der Waals surface area (Å²) in [5.74, 6) is -0.703. The van der Waals surface area contributed by atoms with Crippen LogP contribution in [0.25, 0.3) is 10.1 Å². The van der Waals surface area contributed by atoms with Gasteiger partial charge < -0.3 is 15.8 Å². The van der Waals surface area contributed by atoms with Gasteiger partial charge in [-0.25, -0.2) is 4.79 Å². The van der Waals surface area contributed by atoms with Crippen molar-refractivity contribution in [1.82, 2.24) is 0 Å². The van der Waals surface area contributed by atoms with E-state index in [0.717, 1.165) is 15.8 Å². The number of hydrogen-bond donors (Lipinski definition) is 3. The second-order valence-electron chi connectivity index (χ2n) is 8.25. The van der Waals surface area contributed by atoms with Crippen molar-refractivity contribution in [2.75, 3.05) is 10.6 Å². The molecule has 0 atom stereocenters. The number of rotatable bonds is 5. The average Bonchev–Trinajstić information content (AvgIpc) is 3.05. The number of thiophene rings is 1. The molecule has 4 N–H and O–H groups in total. The summed E-state index contributed by atoms with van der Waals surface area (Å²) in [6, 6.07) is 10.3. The third-order valence-corrected chi connectivity index (χ3v) is 6.03. The lowest BCUT2D eigenvalue weighted by Crippen LogP contribution is -2.27. The van der Waals surface area contributed by atoms with Crippen molar-refractivity contribution in [3.63, 3.8) is 0 Å². The molecular weight excluding hydrogens is 450 g/mol. The summed E-state index contributed by atoms with van der Waals surface area (Å²) >= 11 is 7.04. The molecule has 0 radical (unpaired) electrons. The Bertz CT molecular complexity index is 1200. The highest BCUT2D eigenvalue weighted by atomic mass is 35.5. The van der Waals surface area contributed by atoms with Crippen LogP contribution in [0.3, 0.4) is 0 Å². The quantitative estimate of drug-likeness (QED) is 0.416. The summed E-state index contributed by atoms with van der Waals surface area (Å²) in [6.45, 7) is 7.15. The third-order valence-electron chi connectivity index (χ3n) is 4.46. The molecule has 0 aliphatic carbocycles. The number of benzene rings is 2. The second-order valence-corrected chi connectivity index (χ2v) is 9.54. The zero-order chi connectivity index (χ0) is 23.6. The van der Waals surface area contributed by atoms with Crippen LogP contribution in [0.1, 0.15) is 52.6 Å². The molecule has 7 nitrogen and oxygen atoms in total. The molecule has 0 aliphatic rings. The number of anilines is 2. The van der Waals surface area contributed by atoms with Crippen LogP contribution in [-0.4, -0.2) is 23.5 Å². The van der Waals surface area contributed by atoms with E-state index in [1.54, 1.807) is 57.2 Å². The maximum absolute atomic E-state index is 12.7. The number of primary amides is 1.